The lowest BCUT2D eigenvalue weighted by Gasteiger charge is -2.36. The molecule has 0 spiro atoms. The maximum absolute atomic E-state index is 14.6. The Morgan fingerprint density at radius 1 is 0.776 bits per heavy atom. The number of ether oxygens (including phenoxy) is 2. The number of phenolic OH excluding ortho intramolecular Hbond substituents is 1. The highest BCUT2D eigenvalue weighted by molar-refractivity contribution is 5.94. The zero-order valence-electron chi connectivity index (χ0n) is 31.0. The molecule has 0 radical (unpaired) electrons. The summed E-state index contributed by atoms with van der Waals surface area (Å²) in [7, 11) is 0. The number of hydrogen-bond acceptors (Lipinski definition) is 7. The molecule has 0 aliphatic heterocycles. The van der Waals surface area contributed by atoms with Gasteiger partial charge in [0.2, 0.25) is 11.8 Å². The number of para-hydroxylation sites is 1. The number of nitrogens with zero attached hydrogens (tertiary/aromatic N) is 1. The van der Waals surface area contributed by atoms with Gasteiger partial charge >= 0.3 is 12.1 Å². The van der Waals surface area contributed by atoms with Crippen LogP contribution in [0.25, 0.3) is 0 Å². The number of alkyl carbamates (subject to hydrolysis) is 1. The lowest BCUT2D eigenvalue weighted by Crippen LogP contribution is -2.56. The average molecular weight is 682 g/mol. The fourth-order valence-electron chi connectivity index (χ4n) is 5.39. The van der Waals surface area contributed by atoms with E-state index in [2.05, 4.69) is 17.6 Å². The molecule has 2 aromatic carbocycles. The molecule has 0 bridgehead atoms. The quantitative estimate of drug-likeness (QED) is 0.118. The van der Waals surface area contributed by atoms with Crippen molar-refractivity contribution in [1.82, 2.24) is 15.5 Å². The number of unbranched alkanes of at least 4 members (excludes halogenated alkanes) is 5. The second-order valence-corrected chi connectivity index (χ2v) is 14.9. The van der Waals surface area contributed by atoms with Gasteiger partial charge in [-0.15, -0.1) is 0 Å². The molecule has 0 aliphatic carbocycles. The number of carbonyl (C=O) groups excluding carboxylic acids is 4. The van der Waals surface area contributed by atoms with Gasteiger partial charge in [-0.1, -0.05) is 101 Å². The van der Waals surface area contributed by atoms with E-state index in [1.165, 1.54) is 11.0 Å². The smallest absolute Gasteiger partial charge is 0.408 e. The van der Waals surface area contributed by atoms with E-state index in [-0.39, 0.29) is 30.2 Å². The largest absolute Gasteiger partial charge is 0.508 e. The van der Waals surface area contributed by atoms with E-state index in [9.17, 15) is 24.3 Å². The van der Waals surface area contributed by atoms with E-state index >= 15 is 0 Å². The maximum atomic E-state index is 14.6. The zero-order valence-corrected chi connectivity index (χ0v) is 31.0. The van der Waals surface area contributed by atoms with E-state index < -0.39 is 53.2 Å². The Kier molecular flexibility index (Phi) is 16.1. The van der Waals surface area contributed by atoms with E-state index in [1.54, 1.807) is 73.6 Å². The molecule has 10 heteroatoms. The van der Waals surface area contributed by atoms with Crippen LogP contribution in [-0.4, -0.2) is 63.7 Å². The van der Waals surface area contributed by atoms with Crippen molar-refractivity contribution in [2.45, 2.75) is 137 Å². The molecule has 3 amide bonds. The highest BCUT2D eigenvalue weighted by atomic mass is 16.6. The average Bonchev–Trinajstić information content (AvgIpc) is 2.99. The van der Waals surface area contributed by atoms with Crippen LogP contribution in [0.2, 0.25) is 0 Å². The van der Waals surface area contributed by atoms with Gasteiger partial charge in [-0.05, 0) is 65.5 Å². The molecule has 272 valence electrons. The minimum Gasteiger partial charge on any atom is -0.508 e. The van der Waals surface area contributed by atoms with Gasteiger partial charge in [0.15, 0.2) is 0 Å². The van der Waals surface area contributed by atoms with Crippen LogP contribution in [-0.2, 0) is 30.3 Å². The number of esters is 1. The van der Waals surface area contributed by atoms with Crippen molar-refractivity contribution in [1.29, 1.82) is 0 Å². The fourth-order valence-corrected chi connectivity index (χ4v) is 5.39. The van der Waals surface area contributed by atoms with Crippen molar-refractivity contribution >= 4 is 23.9 Å². The van der Waals surface area contributed by atoms with Crippen LogP contribution in [0.4, 0.5) is 4.79 Å². The third-order valence-electron chi connectivity index (χ3n) is 7.72. The van der Waals surface area contributed by atoms with Gasteiger partial charge in [0.1, 0.15) is 35.1 Å². The molecule has 10 nitrogen and oxygen atoms in total. The van der Waals surface area contributed by atoms with Gasteiger partial charge in [0.05, 0.1) is 0 Å². The normalized spacial score (nSPS) is 13.6. The summed E-state index contributed by atoms with van der Waals surface area (Å²) in [6.45, 7) is 16.4. The predicted octanol–water partition coefficient (Wildman–Crippen LogP) is 7.24. The first-order valence-electron chi connectivity index (χ1n) is 17.6. The Labute approximate surface area is 293 Å². The summed E-state index contributed by atoms with van der Waals surface area (Å²) in [5.41, 5.74) is -0.604. The van der Waals surface area contributed by atoms with Crippen molar-refractivity contribution in [3.8, 4) is 5.75 Å². The lowest BCUT2D eigenvalue weighted by molar-refractivity contribution is -0.159. The molecule has 3 N–H and O–H groups in total. The van der Waals surface area contributed by atoms with Crippen LogP contribution in [0.15, 0.2) is 54.6 Å². The molecule has 2 rings (SSSR count). The highest BCUT2D eigenvalue weighted by Gasteiger charge is 2.40. The molecule has 0 aliphatic rings. The molecule has 0 aromatic heterocycles. The first-order chi connectivity index (χ1) is 22.9. The zero-order chi connectivity index (χ0) is 36.8. The second-order valence-electron chi connectivity index (χ2n) is 14.9. The standard InChI is InChI=1S/C39H59N3O7/c1-10-11-12-13-14-20-25-42(35(45)32(27(2)3)41-37(47)49-39(7,8)9)33(29-23-18-19-24-31(29)43)34(44)40-30(36(46)48-38(4,5)6)26-28-21-16-15-17-22-28/h15-19,21-24,27,30,32-33,43H,10-14,20,25-26H2,1-9H3,(H,40,44)(H,41,47). The van der Waals surface area contributed by atoms with Crippen molar-refractivity contribution in [3.63, 3.8) is 0 Å². The van der Waals surface area contributed by atoms with Gasteiger partial charge in [-0.25, -0.2) is 9.59 Å². The number of hydrogen-bond donors (Lipinski definition) is 3. The third-order valence-corrected chi connectivity index (χ3v) is 7.72. The molecule has 3 atom stereocenters. The number of aromatic hydroxyl groups is 1. The topological polar surface area (TPSA) is 134 Å². The summed E-state index contributed by atoms with van der Waals surface area (Å²) in [5.74, 6) is -2.34. The van der Waals surface area contributed by atoms with Gasteiger partial charge in [-0.3, -0.25) is 9.59 Å². The molecule has 0 fully saturated rings. The van der Waals surface area contributed by atoms with Crippen LogP contribution in [0, 0.1) is 5.92 Å². The Morgan fingerprint density at radius 2 is 1.35 bits per heavy atom. The minimum absolute atomic E-state index is 0.148. The predicted molar refractivity (Wildman–Crippen MR) is 192 cm³/mol. The Hall–Kier alpha value is -4.08. The molecule has 3 unspecified atom stereocenters. The minimum atomic E-state index is -1.33. The Balaban J connectivity index is 2.61. The van der Waals surface area contributed by atoms with Gasteiger partial charge in [0, 0.05) is 18.5 Å². The van der Waals surface area contributed by atoms with Crippen LogP contribution in [0.5, 0.6) is 5.75 Å². The molecule has 0 heterocycles. The third kappa shape index (κ3) is 14.5. The number of phenols is 1. The van der Waals surface area contributed by atoms with Gasteiger partial charge < -0.3 is 30.1 Å². The summed E-state index contributed by atoms with van der Waals surface area (Å²) < 4.78 is 11.2. The molecule has 2 aromatic rings. The molecule has 0 saturated heterocycles. The van der Waals surface area contributed by atoms with E-state index in [0.717, 1.165) is 37.7 Å². The number of carbonyl (C=O) groups is 4. The van der Waals surface area contributed by atoms with Crippen molar-refractivity contribution in [3.05, 3.63) is 65.7 Å². The second kappa shape index (κ2) is 19.2. The Morgan fingerprint density at radius 3 is 1.92 bits per heavy atom. The molecule has 0 saturated carbocycles. The first kappa shape index (κ1) is 41.1. The summed E-state index contributed by atoms with van der Waals surface area (Å²) in [4.78, 5) is 57.0. The van der Waals surface area contributed by atoms with E-state index in [4.69, 9.17) is 9.47 Å². The number of rotatable bonds is 17. The summed E-state index contributed by atoms with van der Waals surface area (Å²) in [6, 6.07) is 12.2. The van der Waals surface area contributed by atoms with Crippen molar-refractivity contribution in [2.24, 2.45) is 5.92 Å². The first-order valence-corrected chi connectivity index (χ1v) is 17.6. The summed E-state index contributed by atoms with van der Waals surface area (Å²) in [5, 5.41) is 16.7. The molecular formula is C39H59N3O7. The SMILES string of the molecule is CCCCCCCCN(C(=O)C(NC(=O)OC(C)(C)C)C(C)C)C(C(=O)NC(Cc1ccccc1)C(=O)OC(C)(C)C)c1ccccc1O. The number of benzene rings is 2. The van der Waals surface area contributed by atoms with Crippen LogP contribution in [0.3, 0.4) is 0 Å². The number of amides is 3. The Bertz CT molecular complexity index is 1350. The van der Waals surface area contributed by atoms with Crippen molar-refractivity contribution in [2.75, 3.05) is 6.54 Å². The van der Waals surface area contributed by atoms with Crippen LogP contribution < -0.4 is 10.6 Å². The lowest BCUT2D eigenvalue weighted by atomic mass is 9.97. The maximum Gasteiger partial charge on any atom is 0.408 e. The monoisotopic (exact) mass is 681 g/mol. The van der Waals surface area contributed by atoms with E-state index in [1.807, 2.05) is 30.3 Å². The molecule has 49 heavy (non-hydrogen) atoms. The van der Waals surface area contributed by atoms with Gasteiger partial charge in [0.25, 0.3) is 0 Å². The fraction of sp³-hybridized carbons (Fsp3) is 0.590. The number of nitrogens with one attached hydrogen (secondary N) is 2. The van der Waals surface area contributed by atoms with Crippen molar-refractivity contribution < 1.29 is 33.8 Å². The molecular weight excluding hydrogens is 622 g/mol. The van der Waals surface area contributed by atoms with Crippen LogP contribution >= 0.6 is 0 Å². The summed E-state index contributed by atoms with van der Waals surface area (Å²) >= 11 is 0. The van der Waals surface area contributed by atoms with Gasteiger partial charge in [-0.2, -0.15) is 0 Å². The van der Waals surface area contributed by atoms with E-state index in [0.29, 0.717) is 6.42 Å². The van der Waals surface area contributed by atoms with Crippen LogP contribution in [0.1, 0.15) is 118 Å². The summed E-state index contributed by atoms with van der Waals surface area (Å²) in [6.07, 6.45) is 5.01. The highest BCUT2D eigenvalue weighted by Crippen LogP contribution is 2.31.